The SMILES string of the molecule is C=C(C)/C=C\C(=C)OC(=O)c1ccc(OC(C)C)cc1. The van der Waals surface area contributed by atoms with Crippen LogP contribution in [-0.4, -0.2) is 12.1 Å². The van der Waals surface area contributed by atoms with Crippen LogP contribution in [-0.2, 0) is 4.74 Å². The van der Waals surface area contributed by atoms with Gasteiger partial charge in [0.25, 0.3) is 0 Å². The van der Waals surface area contributed by atoms with Crippen molar-refractivity contribution in [3.63, 3.8) is 0 Å². The number of benzene rings is 1. The molecular formula is C17H20O3. The Balaban J connectivity index is 2.64. The van der Waals surface area contributed by atoms with Gasteiger partial charge in [-0.1, -0.05) is 24.8 Å². The zero-order chi connectivity index (χ0) is 15.1. The van der Waals surface area contributed by atoms with Crippen LogP contribution in [0, 0.1) is 0 Å². The Morgan fingerprint density at radius 2 is 1.75 bits per heavy atom. The fourth-order valence-corrected chi connectivity index (χ4v) is 1.39. The van der Waals surface area contributed by atoms with E-state index in [0.717, 1.165) is 11.3 Å². The maximum Gasteiger partial charge on any atom is 0.343 e. The van der Waals surface area contributed by atoms with E-state index in [2.05, 4.69) is 13.2 Å². The molecule has 0 heterocycles. The highest BCUT2D eigenvalue weighted by Gasteiger charge is 2.08. The molecule has 0 radical (unpaired) electrons. The zero-order valence-corrected chi connectivity index (χ0v) is 12.2. The predicted octanol–water partition coefficient (Wildman–Crippen LogP) is 4.28. The van der Waals surface area contributed by atoms with Crippen LogP contribution in [0.2, 0.25) is 0 Å². The van der Waals surface area contributed by atoms with E-state index in [4.69, 9.17) is 9.47 Å². The van der Waals surface area contributed by atoms with Gasteiger partial charge in [-0.2, -0.15) is 0 Å². The first kappa shape index (κ1) is 15.8. The highest BCUT2D eigenvalue weighted by molar-refractivity contribution is 5.90. The topological polar surface area (TPSA) is 35.5 Å². The number of allylic oxidation sites excluding steroid dienone is 3. The van der Waals surface area contributed by atoms with E-state index in [1.807, 2.05) is 20.8 Å². The summed E-state index contributed by atoms with van der Waals surface area (Å²) in [6.45, 7) is 13.1. The summed E-state index contributed by atoms with van der Waals surface area (Å²) in [6.07, 6.45) is 3.44. The van der Waals surface area contributed by atoms with E-state index in [1.165, 1.54) is 0 Å². The van der Waals surface area contributed by atoms with Crippen LogP contribution in [0.25, 0.3) is 0 Å². The van der Waals surface area contributed by atoms with Gasteiger partial charge in [0.05, 0.1) is 11.7 Å². The molecule has 0 amide bonds. The molecule has 106 valence electrons. The van der Waals surface area contributed by atoms with Crippen molar-refractivity contribution >= 4 is 5.97 Å². The van der Waals surface area contributed by atoms with E-state index >= 15 is 0 Å². The molecule has 1 rings (SSSR count). The van der Waals surface area contributed by atoms with Crippen LogP contribution in [0.15, 0.2) is 60.9 Å². The number of carbonyl (C=O) groups is 1. The van der Waals surface area contributed by atoms with Crippen molar-refractivity contribution in [2.45, 2.75) is 26.9 Å². The average Bonchev–Trinajstić information content (AvgIpc) is 2.36. The van der Waals surface area contributed by atoms with Crippen LogP contribution in [0.1, 0.15) is 31.1 Å². The van der Waals surface area contributed by atoms with Crippen molar-refractivity contribution in [1.29, 1.82) is 0 Å². The molecule has 0 spiro atoms. The minimum Gasteiger partial charge on any atom is -0.491 e. The highest BCUT2D eigenvalue weighted by atomic mass is 16.5. The third-order valence-corrected chi connectivity index (χ3v) is 2.24. The lowest BCUT2D eigenvalue weighted by Gasteiger charge is -2.10. The fourth-order valence-electron chi connectivity index (χ4n) is 1.39. The Hall–Kier alpha value is -2.29. The van der Waals surface area contributed by atoms with Gasteiger partial charge in [-0.05, 0) is 51.1 Å². The lowest BCUT2D eigenvalue weighted by Crippen LogP contribution is -2.06. The van der Waals surface area contributed by atoms with Crippen LogP contribution in [0.4, 0.5) is 0 Å². The quantitative estimate of drug-likeness (QED) is 0.440. The first-order valence-corrected chi connectivity index (χ1v) is 6.40. The minimum atomic E-state index is -0.447. The van der Waals surface area contributed by atoms with E-state index in [9.17, 15) is 4.79 Å². The monoisotopic (exact) mass is 272 g/mol. The van der Waals surface area contributed by atoms with E-state index in [0.29, 0.717) is 5.56 Å². The summed E-state index contributed by atoms with van der Waals surface area (Å²) in [5, 5.41) is 0. The summed E-state index contributed by atoms with van der Waals surface area (Å²) in [5.41, 5.74) is 1.31. The van der Waals surface area contributed by atoms with Gasteiger partial charge < -0.3 is 9.47 Å². The van der Waals surface area contributed by atoms with Gasteiger partial charge in [-0.25, -0.2) is 4.79 Å². The molecule has 0 aromatic heterocycles. The Morgan fingerprint density at radius 1 is 1.15 bits per heavy atom. The van der Waals surface area contributed by atoms with Gasteiger partial charge in [0.15, 0.2) is 0 Å². The van der Waals surface area contributed by atoms with Crippen molar-refractivity contribution in [1.82, 2.24) is 0 Å². The predicted molar refractivity (Wildman–Crippen MR) is 80.7 cm³/mol. The zero-order valence-electron chi connectivity index (χ0n) is 12.2. The van der Waals surface area contributed by atoms with Crippen LogP contribution in [0.5, 0.6) is 5.75 Å². The van der Waals surface area contributed by atoms with Crippen molar-refractivity contribution in [2.24, 2.45) is 0 Å². The highest BCUT2D eigenvalue weighted by Crippen LogP contribution is 2.15. The first-order chi connectivity index (χ1) is 9.38. The fraction of sp³-hybridized carbons (Fsp3) is 0.235. The third-order valence-electron chi connectivity index (χ3n) is 2.24. The molecule has 0 aliphatic carbocycles. The van der Waals surface area contributed by atoms with Crippen molar-refractivity contribution < 1.29 is 14.3 Å². The van der Waals surface area contributed by atoms with Crippen LogP contribution >= 0.6 is 0 Å². The van der Waals surface area contributed by atoms with Crippen LogP contribution in [0.3, 0.4) is 0 Å². The largest absolute Gasteiger partial charge is 0.491 e. The lowest BCUT2D eigenvalue weighted by atomic mass is 10.2. The summed E-state index contributed by atoms with van der Waals surface area (Å²) < 4.78 is 10.6. The van der Waals surface area contributed by atoms with Gasteiger partial charge >= 0.3 is 5.97 Å². The number of rotatable bonds is 6. The molecule has 0 saturated carbocycles. The van der Waals surface area contributed by atoms with E-state index in [1.54, 1.807) is 36.4 Å². The molecule has 0 atom stereocenters. The summed E-state index contributed by atoms with van der Waals surface area (Å²) in [7, 11) is 0. The lowest BCUT2D eigenvalue weighted by molar-refractivity contribution is 0.0638. The Labute approximate surface area is 120 Å². The molecule has 0 aliphatic heterocycles. The summed E-state index contributed by atoms with van der Waals surface area (Å²) in [5.74, 6) is 0.551. The Morgan fingerprint density at radius 3 is 2.25 bits per heavy atom. The number of ether oxygens (including phenoxy) is 2. The number of carbonyl (C=O) groups excluding carboxylic acids is 1. The van der Waals surface area contributed by atoms with Gasteiger partial charge in [0, 0.05) is 0 Å². The molecule has 1 aromatic carbocycles. The number of hydrogen-bond donors (Lipinski definition) is 0. The Bertz CT molecular complexity index is 522. The second-order valence-corrected chi connectivity index (χ2v) is 4.73. The second kappa shape index (κ2) is 7.34. The first-order valence-electron chi connectivity index (χ1n) is 6.40. The number of hydrogen-bond acceptors (Lipinski definition) is 3. The smallest absolute Gasteiger partial charge is 0.343 e. The van der Waals surface area contributed by atoms with Crippen molar-refractivity contribution in [3.8, 4) is 5.75 Å². The summed E-state index contributed by atoms with van der Waals surface area (Å²) >= 11 is 0. The molecule has 1 aromatic rings. The molecule has 0 N–H and O–H groups in total. The average molecular weight is 272 g/mol. The maximum atomic E-state index is 11.9. The number of esters is 1. The van der Waals surface area contributed by atoms with E-state index in [-0.39, 0.29) is 11.9 Å². The van der Waals surface area contributed by atoms with Gasteiger partial charge in [0.2, 0.25) is 0 Å². The van der Waals surface area contributed by atoms with Crippen LogP contribution < -0.4 is 4.74 Å². The van der Waals surface area contributed by atoms with Crippen molar-refractivity contribution in [3.05, 3.63) is 66.5 Å². The standard InChI is InChI=1S/C17H20O3/c1-12(2)6-7-14(5)20-17(18)15-8-10-16(11-9-15)19-13(3)4/h6-11,13H,1,5H2,2-4H3/b7-6-. The summed E-state index contributed by atoms with van der Waals surface area (Å²) in [4.78, 5) is 11.9. The maximum absolute atomic E-state index is 11.9. The molecule has 0 unspecified atom stereocenters. The van der Waals surface area contributed by atoms with E-state index < -0.39 is 5.97 Å². The molecule has 3 heteroatoms. The normalized spacial score (nSPS) is 10.6. The Kier molecular flexibility index (Phi) is 5.78. The van der Waals surface area contributed by atoms with Crippen molar-refractivity contribution in [2.75, 3.05) is 0 Å². The van der Waals surface area contributed by atoms with Gasteiger partial charge in [0.1, 0.15) is 11.5 Å². The molecule has 0 fully saturated rings. The molecule has 0 bridgehead atoms. The third kappa shape index (κ3) is 5.57. The molecular weight excluding hydrogens is 252 g/mol. The minimum absolute atomic E-state index is 0.0971. The summed E-state index contributed by atoms with van der Waals surface area (Å²) in [6, 6.07) is 6.80. The molecule has 20 heavy (non-hydrogen) atoms. The molecule has 3 nitrogen and oxygen atoms in total. The second-order valence-electron chi connectivity index (χ2n) is 4.73. The van der Waals surface area contributed by atoms with Gasteiger partial charge in [-0.15, -0.1) is 0 Å². The van der Waals surface area contributed by atoms with Gasteiger partial charge in [-0.3, -0.25) is 0 Å². The molecule has 0 aliphatic rings. The molecule has 0 saturated heterocycles.